The summed E-state index contributed by atoms with van der Waals surface area (Å²) in [6.07, 6.45) is 0. The fourth-order valence-electron chi connectivity index (χ4n) is 1.83. The third-order valence-corrected chi connectivity index (χ3v) is 2.93. The molecule has 0 saturated heterocycles. The molecule has 0 heterocycles. The number of hydrogen-bond donors (Lipinski definition) is 3. The highest BCUT2D eigenvalue weighted by atomic mass is 16.3. The molecule has 0 saturated carbocycles. The highest BCUT2D eigenvalue weighted by Crippen LogP contribution is 2.20. The van der Waals surface area contributed by atoms with Crippen LogP contribution >= 0.6 is 0 Å². The Morgan fingerprint density at radius 2 is 1.89 bits per heavy atom. The topological polar surface area (TPSA) is 75.3 Å². The van der Waals surface area contributed by atoms with Crippen molar-refractivity contribution >= 4 is 11.6 Å². The van der Waals surface area contributed by atoms with E-state index in [1.54, 1.807) is 24.3 Å². The Labute approximate surface area is 111 Å². The van der Waals surface area contributed by atoms with E-state index in [1.807, 2.05) is 25.1 Å². The summed E-state index contributed by atoms with van der Waals surface area (Å²) in [6, 6.07) is 12.3. The summed E-state index contributed by atoms with van der Waals surface area (Å²) in [7, 11) is 0. The number of benzene rings is 2. The Morgan fingerprint density at radius 1 is 1.21 bits per heavy atom. The van der Waals surface area contributed by atoms with Gasteiger partial charge in [0.2, 0.25) is 5.91 Å². The number of amides is 1. The van der Waals surface area contributed by atoms with Crippen LogP contribution in [0.1, 0.15) is 21.5 Å². The number of anilines is 1. The van der Waals surface area contributed by atoms with Gasteiger partial charge in [-0.2, -0.15) is 0 Å². The molecule has 0 spiro atoms. The lowest BCUT2D eigenvalue weighted by molar-refractivity contribution is 0.100. The van der Waals surface area contributed by atoms with Gasteiger partial charge in [0, 0.05) is 17.8 Å². The molecular weight excluding hydrogens is 240 g/mol. The number of hydrogen-bond acceptors (Lipinski definition) is 3. The minimum Gasteiger partial charge on any atom is -0.508 e. The van der Waals surface area contributed by atoms with E-state index in [0.29, 0.717) is 12.1 Å². The second-order valence-electron chi connectivity index (χ2n) is 4.41. The highest BCUT2D eigenvalue weighted by Gasteiger charge is 2.01. The molecule has 0 aliphatic heterocycles. The van der Waals surface area contributed by atoms with Crippen molar-refractivity contribution < 1.29 is 9.90 Å². The van der Waals surface area contributed by atoms with Gasteiger partial charge in [0.25, 0.3) is 0 Å². The summed E-state index contributed by atoms with van der Waals surface area (Å²) in [4.78, 5) is 11.0. The van der Waals surface area contributed by atoms with E-state index in [-0.39, 0.29) is 5.75 Å². The molecule has 2 aromatic rings. The molecule has 0 aliphatic carbocycles. The SMILES string of the molecule is Cc1cc(O)ccc1NCc1ccc(C(N)=O)cc1. The van der Waals surface area contributed by atoms with Crippen LogP contribution < -0.4 is 11.1 Å². The zero-order chi connectivity index (χ0) is 13.8. The van der Waals surface area contributed by atoms with Gasteiger partial charge in [-0.25, -0.2) is 0 Å². The van der Waals surface area contributed by atoms with E-state index in [4.69, 9.17) is 5.73 Å². The van der Waals surface area contributed by atoms with Crippen LogP contribution in [-0.2, 0) is 6.54 Å². The van der Waals surface area contributed by atoms with Gasteiger partial charge in [0.15, 0.2) is 0 Å². The fourth-order valence-corrected chi connectivity index (χ4v) is 1.83. The van der Waals surface area contributed by atoms with Gasteiger partial charge in [-0.3, -0.25) is 4.79 Å². The van der Waals surface area contributed by atoms with Gasteiger partial charge in [-0.1, -0.05) is 12.1 Å². The van der Waals surface area contributed by atoms with Gasteiger partial charge in [-0.15, -0.1) is 0 Å². The van der Waals surface area contributed by atoms with E-state index in [9.17, 15) is 9.90 Å². The van der Waals surface area contributed by atoms with E-state index in [1.165, 1.54) is 0 Å². The first kappa shape index (κ1) is 13.0. The average molecular weight is 256 g/mol. The number of phenolic OH excluding ortho intramolecular Hbond substituents is 1. The number of rotatable bonds is 4. The lowest BCUT2D eigenvalue weighted by Gasteiger charge is -2.10. The molecule has 0 aromatic heterocycles. The number of phenols is 1. The first-order valence-electron chi connectivity index (χ1n) is 5.98. The average Bonchev–Trinajstić information content (AvgIpc) is 2.38. The van der Waals surface area contributed by atoms with Crippen LogP contribution in [0.25, 0.3) is 0 Å². The fraction of sp³-hybridized carbons (Fsp3) is 0.133. The Morgan fingerprint density at radius 3 is 2.47 bits per heavy atom. The van der Waals surface area contributed by atoms with E-state index in [2.05, 4.69) is 5.32 Å². The molecule has 2 rings (SSSR count). The molecular formula is C15H16N2O2. The largest absolute Gasteiger partial charge is 0.508 e. The van der Waals surface area contributed by atoms with Crippen molar-refractivity contribution in [1.29, 1.82) is 0 Å². The molecule has 0 fully saturated rings. The Bertz CT molecular complexity index is 592. The lowest BCUT2D eigenvalue weighted by atomic mass is 10.1. The van der Waals surface area contributed by atoms with Crippen molar-refractivity contribution in [2.24, 2.45) is 5.73 Å². The number of carbonyl (C=O) groups is 1. The molecule has 0 atom stereocenters. The molecule has 4 heteroatoms. The van der Waals surface area contributed by atoms with E-state index >= 15 is 0 Å². The zero-order valence-electron chi connectivity index (χ0n) is 10.7. The van der Waals surface area contributed by atoms with Crippen molar-refractivity contribution in [3.8, 4) is 5.75 Å². The van der Waals surface area contributed by atoms with Gasteiger partial charge >= 0.3 is 0 Å². The number of primary amides is 1. The zero-order valence-corrected chi connectivity index (χ0v) is 10.7. The van der Waals surface area contributed by atoms with Gasteiger partial charge in [-0.05, 0) is 48.4 Å². The molecule has 2 aromatic carbocycles. The van der Waals surface area contributed by atoms with Crippen molar-refractivity contribution in [3.63, 3.8) is 0 Å². The molecule has 1 amide bonds. The number of aryl methyl sites for hydroxylation is 1. The maximum absolute atomic E-state index is 11.0. The summed E-state index contributed by atoms with van der Waals surface area (Å²) in [5.41, 5.74) is 8.69. The monoisotopic (exact) mass is 256 g/mol. The molecule has 0 aliphatic rings. The van der Waals surface area contributed by atoms with Crippen molar-refractivity contribution in [3.05, 3.63) is 59.2 Å². The third kappa shape index (κ3) is 3.25. The normalized spacial score (nSPS) is 10.2. The van der Waals surface area contributed by atoms with Gasteiger partial charge in [0.1, 0.15) is 5.75 Å². The minimum atomic E-state index is -0.422. The molecule has 4 nitrogen and oxygen atoms in total. The van der Waals surface area contributed by atoms with Crippen LogP contribution in [0.15, 0.2) is 42.5 Å². The maximum Gasteiger partial charge on any atom is 0.248 e. The predicted molar refractivity (Wildman–Crippen MR) is 75.1 cm³/mol. The van der Waals surface area contributed by atoms with Crippen LogP contribution in [0.4, 0.5) is 5.69 Å². The quantitative estimate of drug-likeness (QED) is 0.735. The van der Waals surface area contributed by atoms with Crippen molar-refractivity contribution in [2.75, 3.05) is 5.32 Å². The van der Waals surface area contributed by atoms with Gasteiger partial charge < -0.3 is 16.2 Å². The van der Waals surface area contributed by atoms with E-state index in [0.717, 1.165) is 16.8 Å². The highest BCUT2D eigenvalue weighted by molar-refractivity contribution is 5.92. The predicted octanol–water partition coefficient (Wildman–Crippen LogP) is 2.41. The number of nitrogens with one attached hydrogen (secondary N) is 1. The first-order valence-corrected chi connectivity index (χ1v) is 5.98. The minimum absolute atomic E-state index is 0.258. The summed E-state index contributed by atoms with van der Waals surface area (Å²) < 4.78 is 0. The van der Waals surface area contributed by atoms with Crippen LogP contribution in [0, 0.1) is 6.92 Å². The molecule has 0 bridgehead atoms. The van der Waals surface area contributed by atoms with Crippen LogP contribution in [0.3, 0.4) is 0 Å². The van der Waals surface area contributed by atoms with Crippen LogP contribution in [-0.4, -0.2) is 11.0 Å². The summed E-state index contributed by atoms with van der Waals surface area (Å²) in [6.45, 7) is 2.57. The Kier molecular flexibility index (Phi) is 3.71. The molecule has 0 unspecified atom stereocenters. The van der Waals surface area contributed by atoms with Crippen molar-refractivity contribution in [2.45, 2.75) is 13.5 Å². The van der Waals surface area contributed by atoms with Crippen LogP contribution in [0.2, 0.25) is 0 Å². The summed E-state index contributed by atoms with van der Waals surface area (Å²) in [5.74, 6) is -0.164. The molecule has 19 heavy (non-hydrogen) atoms. The second-order valence-corrected chi connectivity index (χ2v) is 4.41. The Balaban J connectivity index is 2.04. The maximum atomic E-state index is 11.0. The van der Waals surface area contributed by atoms with E-state index < -0.39 is 5.91 Å². The van der Waals surface area contributed by atoms with Crippen LogP contribution in [0.5, 0.6) is 5.75 Å². The smallest absolute Gasteiger partial charge is 0.248 e. The molecule has 4 N–H and O–H groups in total. The number of carbonyl (C=O) groups excluding carboxylic acids is 1. The lowest BCUT2D eigenvalue weighted by Crippen LogP contribution is -2.10. The second kappa shape index (κ2) is 5.44. The summed E-state index contributed by atoms with van der Waals surface area (Å²) >= 11 is 0. The molecule has 0 radical (unpaired) electrons. The standard InChI is InChI=1S/C15H16N2O2/c1-10-8-13(18)6-7-14(10)17-9-11-2-4-12(5-3-11)15(16)19/h2-8,17-18H,9H2,1H3,(H2,16,19). The number of aromatic hydroxyl groups is 1. The third-order valence-electron chi connectivity index (χ3n) is 2.93. The first-order chi connectivity index (χ1) is 9.06. The molecule has 98 valence electrons. The van der Waals surface area contributed by atoms with Crippen molar-refractivity contribution in [1.82, 2.24) is 0 Å². The van der Waals surface area contributed by atoms with Gasteiger partial charge in [0.05, 0.1) is 0 Å². The summed E-state index contributed by atoms with van der Waals surface area (Å²) in [5, 5.41) is 12.6. The number of nitrogens with two attached hydrogens (primary N) is 1. The Hall–Kier alpha value is -2.49.